The van der Waals surface area contributed by atoms with E-state index in [4.69, 9.17) is 14.2 Å². The maximum absolute atomic E-state index is 10.3. The van der Waals surface area contributed by atoms with Crippen LogP contribution < -0.4 is 0 Å². The standard InChI is InChI=1S/C30H36O7/c31-21-9-5-17(13-23(21)33)25-11-6-16-7-12-27-28(29(16)35-25)20-15-30(37-27,18-8-10-22(32)24(34)14-18)36-26-4-2-1-3-19(20)26/h5,8-10,13-14,16,19-20,25-29,31-34H,1-4,6-7,11-12,15H2/t16?,19?,20-,25-,26?,27?,28?,29?,30+/m1/s1. The number of aromatic hydroxyl groups is 4. The zero-order chi connectivity index (χ0) is 25.3. The first kappa shape index (κ1) is 23.6. The number of rotatable bonds is 2. The second-order valence-corrected chi connectivity index (χ2v) is 11.9. The highest BCUT2D eigenvalue weighted by Crippen LogP contribution is 2.60. The van der Waals surface area contributed by atoms with Crippen molar-refractivity contribution in [1.29, 1.82) is 0 Å². The average molecular weight is 509 g/mol. The Bertz CT molecular complexity index is 1180. The number of hydrogen-bond acceptors (Lipinski definition) is 7. The van der Waals surface area contributed by atoms with Gasteiger partial charge in [0.1, 0.15) is 0 Å². The molecule has 3 aliphatic heterocycles. The largest absolute Gasteiger partial charge is 0.504 e. The third-order valence-corrected chi connectivity index (χ3v) is 9.99. The van der Waals surface area contributed by atoms with Crippen molar-refractivity contribution in [3.63, 3.8) is 0 Å². The second-order valence-electron chi connectivity index (χ2n) is 11.9. The summed E-state index contributed by atoms with van der Waals surface area (Å²) >= 11 is 0. The number of ether oxygens (including phenoxy) is 3. The molecule has 5 fully saturated rings. The van der Waals surface area contributed by atoms with E-state index in [1.54, 1.807) is 18.2 Å². The number of benzene rings is 2. The van der Waals surface area contributed by atoms with Gasteiger partial charge in [-0.3, -0.25) is 0 Å². The van der Waals surface area contributed by atoms with Gasteiger partial charge in [0.25, 0.3) is 0 Å². The van der Waals surface area contributed by atoms with Crippen molar-refractivity contribution in [2.45, 2.75) is 88.0 Å². The third-order valence-electron chi connectivity index (χ3n) is 9.99. The normalized spacial score (nSPS) is 40.8. The number of phenols is 4. The molecule has 198 valence electrons. The van der Waals surface area contributed by atoms with E-state index in [-0.39, 0.29) is 53.3 Å². The summed E-state index contributed by atoms with van der Waals surface area (Å²) in [6.45, 7) is 0. The van der Waals surface area contributed by atoms with Crippen molar-refractivity contribution in [2.75, 3.05) is 0 Å². The van der Waals surface area contributed by atoms with Crippen LogP contribution in [-0.4, -0.2) is 38.7 Å². The molecular weight excluding hydrogens is 472 g/mol. The van der Waals surface area contributed by atoms with Crippen molar-refractivity contribution < 1.29 is 34.6 Å². The van der Waals surface area contributed by atoms with E-state index in [1.165, 1.54) is 12.5 Å². The fourth-order valence-corrected chi connectivity index (χ4v) is 8.31. The van der Waals surface area contributed by atoms with Gasteiger partial charge in [0, 0.05) is 17.9 Å². The van der Waals surface area contributed by atoms with E-state index in [9.17, 15) is 20.4 Å². The molecular formula is C30H36O7. The molecule has 0 aromatic heterocycles. The van der Waals surface area contributed by atoms with E-state index in [1.807, 2.05) is 12.1 Å². The molecule has 7 heteroatoms. The van der Waals surface area contributed by atoms with E-state index in [2.05, 4.69) is 0 Å². The summed E-state index contributed by atoms with van der Waals surface area (Å²) in [4.78, 5) is 0. The zero-order valence-corrected chi connectivity index (χ0v) is 21.0. The lowest BCUT2D eigenvalue weighted by molar-refractivity contribution is -0.388. The molecule has 7 rings (SSSR count). The van der Waals surface area contributed by atoms with Crippen LogP contribution in [0.5, 0.6) is 23.0 Å². The quantitative estimate of drug-likeness (QED) is 0.391. The van der Waals surface area contributed by atoms with Gasteiger partial charge in [-0.15, -0.1) is 0 Å². The van der Waals surface area contributed by atoms with Gasteiger partial charge >= 0.3 is 0 Å². The van der Waals surface area contributed by atoms with Gasteiger partial charge in [-0.25, -0.2) is 0 Å². The molecule has 0 spiro atoms. The molecule has 2 bridgehead atoms. The summed E-state index contributed by atoms with van der Waals surface area (Å²) in [5.74, 6) is 0.168. The van der Waals surface area contributed by atoms with Gasteiger partial charge in [-0.05, 0) is 92.2 Å². The molecule has 0 radical (unpaired) electrons. The van der Waals surface area contributed by atoms with Crippen molar-refractivity contribution in [2.24, 2.45) is 23.7 Å². The van der Waals surface area contributed by atoms with Crippen molar-refractivity contribution in [1.82, 2.24) is 0 Å². The Morgan fingerprint density at radius 2 is 1.41 bits per heavy atom. The Morgan fingerprint density at radius 1 is 0.676 bits per heavy atom. The van der Waals surface area contributed by atoms with E-state index in [0.29, 0.717) is 17.8 Å². The number of hydrogen-bond donors (Lipinski definition) is 4. The highest BCUT2D eigenvalue weighted by Gasteiger charge is 2.61. The minimum Gasteiger partial charge on any atom is -0.504 e. The van der Waals surface area contributed by atoms with Crippen LogP contribution in [0.15, 0.2) is 36.4 Å². The summed E-state index contributed by atoms with van der Waals surface area (Å²) in [5, 5.41) is 40.1. The average Bonchev–Trinajstić information content (AvgIpc) is 2.91. The summed E-state index contributed by atoms with van der Waals surface area (Å²) in [6, 6.07) is 9.98. The molecule has 6 unspecified atom stereocenters. The first-order valence-corrected chi connectivity index (χ1v) is 14.0. The van der Waals surface area contributed by atoms with Crippen LogP contribution in [0.3, 0.4) is 0 Å². The van der Waals surface area contributed by atoms with Crippen LogP contribution in [0.25, 0.3) is 0 Å². The minimum absolute atomic E-state index is 0.00852. The van der Waals surface area contributed by atoms with Crippen molar-refractivity contribution in [3.05, 3.63) is 47.5 Å². The van der Waals surface area contributed by atoms with Gasteiger partial charge in [-0.1, -0.05) is 18.9 Å². The molecule has 3 heterocycles. The van der Waals surface area contributed by atoms with Crippen molar-refractivity contribution >= 4 is 0 Å². The third kappa shape index (κ3) is 3.81. The Kier molecular flexibility index (Phi) is 5.61. The molecule has 3 saturated heterocycles. The predicted octanol–water partition coefficient (Wildman–Crippen LogP) is 5.60. The molecule has 2 aromatic rings. The molecule has 37 heavy (non-hydrogen) atoms. The number of phenolic OH excluding ortho intramolecular Hbond substituents is 4. The second kappa shape index (κ2) is 8.79. The van der Waals surface area contributed by atoms with Gasteiger partial charge in [0.05, 0.1) is 24.4 Å². The first-order valence-electron chi connectivity index (χ1n) is 14.0. The summed E-state index contributed by atoms with van der Waals surface area (Å²) < 4.78 is 20.7. The first-order chi connectivity index (χ1) is 17.9. The molecule has 0 amide bonds. The minimum atomic E-state index is -0.917. The number of fused-ring (bicyclic) bond motifs is 8. The Balaban J connectivity index is 1.24. The molecule has 2 aromatic carbocycles. The van der Waals surface area contributed by atoms with E-state index in [0.717, 1.165) is 62.5 Å². The Morgan fingerprint density at radius 3 is 2.22 bits per heavy atom. The SMILES string of the molecule is Oc1ccc([C@H]2CCC3CCC4O[C@]5(c6ccc(O)c(O)c6)C[C@H](C6CCCCC6O5)C4C3O2)cc1O. The maximum atomic E-state index is 10.3. The zero-order valence-electron chi connectivity index (χ0n) is 21.0. The topological polar surface area (TPSA) is 109 Å². The van der Waals surface area contributed by atoms with Crippen LogP contribution >= 0.6 is 0 Å². The molecule has 4 N–H and O–H groups in total. The fourth-order valence-electron chi connectivity index (χ4n) is 8.31. The monoisotopic (exact) mass is 508 g/mol. The summed E-state index contributed by atoms with van der Waals surface area (Å²) in [7, 11) is 0. The van der Waals surface area contributed by atoms with Crippen LogP contribution in [-0.2, 0) is 20.0 Å². The van der Waals surface area contributed by atoms with Gasteiger partial charge < -0.3 is 34.6 Å². The highest BCUT2D eigenvalue weighted by atomic mass is 16.7. The summed E-state index contributed by atoms with van der Waals surface area (Å²) in [5.41, 5.74) is 1.68. The van der Waals surface area contributed by atoms with E-state index < -0.39 is 5.79 Å². The van der Waals surface area contributed by atoms with Gasteiger partial charge in [-0.2, -0.15) is 0 Å². The summed E-state index contributed by atoms with van der Waals surface area (Å²) in [6.07, 6.45) is 9.29. The predicted molar refractivity (Wildman–Crippen MR) is 134 cm³/mol. The molecule has 9 atom stereocenters. The maximum Gasteiger partial charge on any atom is 0.195 e. The highest BCUT2D eigenvalue weighted by molar-refractivity contribution is 5.43. The molecule has 7 nitrogen and oxygen atoms in total. The van der Waals surface area contributed by atoms with Gasteiger partial charge in [0.15, 0.2) is 28.8 Å². The van der Waals surface area contributed by atoms with Crippen LogP contribution in [0.4, 0.5) is 0 Å². The van der Waals surface area contributed by atoms with E-state index >= 15 is 0 Å². The molecule has 2 aliphatic carbocycles. The van der Waals surface area contributed by atoms with Crippen molar-refractivity contribution in [3.8, 4) is 23.0 Å². The van der Waals surface area contributed by atoms with Crippen LogP contribution in [0.1, 0.15) is 75.0 Å². The Hall–Kier alpha value is -2.48. The lowest BCUT2D eigenvalue weighted by Crippen LogP contribution is -2.64. The lowest BCUT2D eigenvalue weighted by atomic mass is 9.58. The fraction of sp³-hybridized carbons (Fsp3) is 0.600. The van der Waals surface area contributed by atoms with Crippen LogP contribution in [0.2, 0.25) is 0 Å². The van der Waals surface area contributed by atoms with Gasteiger partial charge in [0.2, 0.25) is 0 Å². The smallest absolute Gasteiger partial charge is 0.195 e. The molecule has 5 aliphatic rings. The lowest BCUT2D eigenvalue weighted by Gasteiger charge is -2.62. The molecule has 2 saturated carbocycles. The van der Waals surface area contributed by atoms with Crippen LogP contribution in [0, 0.1) is 23.7 Å². The Labute approximate surface area is 217 Å².